The number of Topliss-reactive ketones (excluding diaryl/α,β-unsaturated/α-hetero) is 1. The molecule has 0 saturated carbocycles. The second-order valence-corrected chi connectivity index (χ2v) is 7.52. The van der Waals surface area contributed by atoms with Crippen LogP contribution in [0.25, 0.3) is 0 Å². The first-order chi connectivity index (χ1) is 11.7. The Balaban J connectivity index is 1.89. The highest BCUT2D eigenvalue weighted by Gasteiger charge is 2.33. The van der Waals surface area contributed by atoms with Crippen molar-refractivity contribution in [1.82, 2.24) is 0 Å². The highest BCUT2D eigenvalue weighted by molar-refractivity contribution is 8.17. The molecule has 0 unspecified atom stereocenters. The van der Waals surface area contributed by atoms with Gasteiger partial charge in [0.25, 0.3) is 0 Å². The molecule has 3 rings (SSSR count). The zero-order valence-electron chi connectivity index (χ0n) is 13.4. The molecular weight excluding hydrogens is 336 g/mol. The Morgan fingerprint density at radius 1 is 1.08 bits per heavy atom. The van der Waals surface area contributed by atoms with Gasteiger partial charge in [-0.15, -0.1) is 23.5 Å². The summed E-state index contributed by atoms with van der Waals surface area (Å²) in [5, 5.41) is 0. The van der Waals surface area contributed by atoms with E-state index in [1.165, 1.54) is 0 Å². The minimum Gasteiger partial charge on any atom is -0.465 e. The average Bonchev–Trinajstić information content (AvgIpc) is 2.66. The van der Waals surface area contributed by atoms with E-state index in [0.717, 1.165) is 16.9 Å². The summed E-state index contributed by atoms with van der Waals surface area (Å²) in [5.41, 5.74) is 2.49. The molecule has 2 nitrogen and oxygen atoms in total. The number of benzene rings is 2. The van der Waals surface area contributed by atoms with E-state index in [0.29, 0.717) is 5.56 Å². The molecule has 0 atom stereocenters. The van der Waals surface area contributed by atoms with Crippen molar-refractivity contribution in [3.8, 4) is 17.6 Å². The molecule has 1 aliphatic heterocycles. The standard InChI is InChI=1S/C20H16O2S2/c1-23-20(24-2)12-13-22-19-14-15(8-10-17(19)20)9-11-18(21)16-6-4-3-5-7-16/h3-8,10,12-14H,1-2H3. The van der Waals surface area contributed by atoms with Gasteiger partial charge in [-0.3, -0.25) is 4.79 Å². The molecule has 0 fully saturated rings. The van der Waals surface area contributed by atoms with Gasteiger partial charge in [0.1, 0.15) is 9.83 Å². The number of ketones is 1. The van der Waals surface area contributed by atoms with Crippen molar-refractivity contribution in [2.45, 2.75) is 4.08 Å². The fraction of sp³-hybridized carbons (Fsp3) is 0.150. The molecule has 0 spiro atoms. The molecule has 1 aliphatic rings. The van der Waals surface area contributed by atoms with Gasteiger partial charge in [0.2, 0.25) is 5.78 Å². The van der Waals surface area contributed by atoms with Crippen LogP contribution in [-0.4, -0.2) is 18.3 Å². The van der Waals surface area contributed by atoms with Gasteiger partial charge >= 0.3 is 0 Å². The first-order valence-corrected chi connectivity index (χ1v) is 9.84. The summed E-state index contributed by atoms with van der Waals surface area (Å²) >= 11 is 3.53. The summed E-state index contributed by atoms with van der Waals surface area (Å²) in [5.74, 6) is 6.25. The van der Waals surface area contributed by atoms with Crippen molar-refractivity contribution in [2.75, 3.05) is 12.5 Å². The second-order valence-electron chi connectivity index (χ2n) is 5.15. The SMILES string of the molecule is CSC1(SC)C=COc2cc(C#CC(=O)c3ccccc3)ccc21. The van der Waals surface area contributed by atoms with E-state index in [-0.39, 0.29) is 9.86 Å². The fourth-order valence-electron chi connectivity index (χ4n) is 2.50. The lowest BCUT2D eigenvalue weighted by molar-refractivity contribution is 0.105. The van der Waals surface area contributed by atoms with Gasteiger partial charge in [0, 0.05) is 16.7 Å². The zero-order valence-corrected chi connectivity index (χ0v) is 15.0. The molecule has 2 aromatic carbocycles. The molecule has 0 bridgehead atoms. The summed E-state index contributed by atoms with van der Waals surface area (Å²) in [6.45, 7) is 0. The highest BCUT2D eigenvalue weighted by atomic mass is 32.2. The van der Waals surface area contributed by atoms with Crippen molar-refractivity contribution in [3.63, 3.8) is 0 Å². The third-order valence-electron chi connectivity index (χ3n) is 3.80. The lowest BCUT2D eigenvalue weighted by Crippen LogP contribution is -2.18. The number of rotatable bonds is 3. The molecule has 0 amide bonds. The maximum Gasteiger partial charge on any atom is 0.236 e. The third kappa shape index (κ3) is 3.24. The van der Waals surface area contributed by atoms with Crippen molar-refractivity contribution in [1.29, 1.82) is 0 Å². The molecule has 1 heterocycles. The van der Waals surface area contributed by atoms with Gasteiger partial charge in [-0.2, -0.15) is 0 Å². The van der Waals surface area contributed by atoms with Crippen molar-refractivity contribution in [2.24, 2.45) is 0 Å². The van der Waals surface area contributed by atoms with E-state index < -0.39 is 0 Å². The van der Waals surface area contributed by atoms with E-state index in [9.17, 15) is 4.79 Å². The summed E-state index contributed by atoms with van der Waals surface area (Å²) in [6, 6.07) is 14.9. The molecule has 2 aromatic rings. The van der Waals surface area contributed by atoms with Crippen LogP contribution in [0.4, 0.5) is 0 Å². The molecule has 120 valence electrons. The van der Waals surface area contributed by atoms with Crippen LogP contribution >= 0.6 is 23.5 Å². The Morgan fingerprint density at radius 3 is 2.54 bits per heavy atom. The van der Waals surface area contributed by atoms with Gasteiger partial charge in [-0.25, -0.2) is 0 Å². The summed E-state index contributed by atoms with van der Waals surface area (Å²) < 4.78 is 5.52. The second kappa shape index (κ2) is 7.21. The van der Waals surface area contributed by atoms with Crippen LogP contribution in [0.15, 0.2) is 60.9 Å². The normalized spacial score (nSPS) is 14.1. The van der Waals surface area contributed by atoms with Crippen LogP contribution in [0, 0.1) is 11.8 Å². The Morgan fingerprint density at radius 2 is 1.83 bits per heavy atom. The van der Waals surface area contributed by atoms with Crippen LogP contribution in [0.1, 0.15) is 21.5 Å². The Labute approximate surface area is 150 Å². The van der Waals surface area contributed by atoms with Crippen molar-refractivity contribution >= 4 is 29.3 Å². The highest BCUT2D eigenvalue weighted by Crippen LogP contribution is 2.50. The minimum atomic E-state index is -0.184. The van der Waals surface area contributed by atoms with Crippen LogP contribution in [0.2, 0.25) is 0 Å². The summed E-state index contributed by atoms with van der Waals surface area (Å²) in [4.78, 5) is 12.1. The van der Waals surface area contributed by atoms with Crippen LogP contribution < -0.4 is 4.74 Å². The molecule has 0 aromatic heterocycles. The predicted octanol–water partition coefficient (Wildman–Crippen LogP) is 4.71. The first-order valence-electron chi connectivity index (χ1n) is 7.39. The summed E-state index contributed by atoms with van der Waals surface area (Å²) in [6.07, 6.45) is 7.96. The minimum absolute atomic E-state index is 0.139. The quantitative estimate of drug-likeness (QED) is 0.454. The molecular formula is C20H16O2S2. The van der Waals surface area contributed by atoms with E-state index in [1.54, 1.807) is 41.9 Å². The van der Waals surface area contributed by atoms with Crippen molar-refractivity contribution < 1.29 is 9.53 Å². The van der Waals surface area contributed by atoms with Gasteiger partial charge < -0.3 is 4.74 Å². The number of hydrogen-bond acceptors (Lipinski definition) is 4. The lowest BCUT2D eigenvalue weighted by Gasteiger charge is -2.31. The van der Waals surface area contributed by atoms with E-state index in [1.807, 2.05) is 36.4 Å². The Bertz CT molecular complexity index is 841. The van der Waals surface area contributed by atoms with Gasteiger partial charge in [0.05, 0.1) is 6.26 Å². The number of carbonyl (C=O) groups excluding carboxylic acids is 1. The number of thioether (sulfide) groups is 2. The van der Waals surface area contributed by atoms with E-state index in [4.69, 9.17) is 4.74 Å². The molecule has 0 saturated heterocycles. The lowest BCUT2D eigenvalue weighted by atomic mass is 10.0. The summed E-state index contributed by atoms with van der Waals surface area (Å²) in [7, 11) is 0. The smallest absolute Gasteiger partial charge is 0.236 e. The Kier molecular flexibility index (Phi) is 5.03. The fourth-order valence-corrected chi connectivity index (χ4v) is 4.33. The topological polar surface area (TPSA) is 26.3 Å². The first kappa shape index (κ1) is 16.8. The largest absolute Gasteiger partial charge is 0.465 e. The molecule has 0 aliphatic carbocycles. The average molecular weight is 352 g/mol. The number of carbonyl (C=O) groups is 1. The maximum absolute atomic E-state index is 12.1. The van der Waals surface area contributed by atoms with Crippen LogP contribution in [0.3, 0.4) is 0 Å². The number of ether oxygens (including phenoxy) is 1. The number of fused-ring (bicyclic) bond motifs is 1. The monoisotopic (exact) mass is 352 g/mol. The van der Waals surface area contributed by atoms with E-state index >= 15 is 0 Å². The number of hydrogen-bond donors (Lipinski definition) is 0. The predicted molar refractivity (Wildman–Crippen MR) is 103 cm³/mol. The maximum atomic E-state index is 12.1. The third-order valence-corrected chi connectivity index (χ3v) is 6.73. The molecule has 24 heavy (non-hydrogen) atoms. The van der Waals surface area contributed by atoms with Crippen molar-refractivity contribution in [3.05, 3.63) is 77.6 Å². The van der Waals surface area contributed by atoms with Crippen LogP contribution in [-0.2, 0) is 4.08 Å². The molecule has 0 radical (unpaired) electrons. The zero-order chi connectivity index (χ0) is 17.0. The van der Waals surface area contributed by atoms with Gasteiger partial charge in [-0.05, 0) is 36.6 Å². The van der Waals surface area contributed by atoms with Gasteiger partial charge in [0.15, 0.2) is 0 Å². The Hall–Kier alpha value is -2.09. The van der Waals surface area contributed by atoms with Gasteiger partial charge in [-0.1, -0.05) is 42.3 Å². The van der Waals surface area contributed by atoms with Crippen LogP contribution in [0.5, 0.6) is 5.75 Å². The molecule has 4 heteroatoms. The molecule has 0 N–H and O–H groups in total. The van der Waals surface area contributed by atoms with E-state index in [2.05, 4.69) is 30.4 Å².